The number of thiophene rings is 1. The van der Waals surface area contributed by atoms with E-state index in [-0.39, 0.29) is 33.3 Å². The van der Waals surface area contributed by atoms with Crippen LogP contribution >= 0.6 is 34.5 Å². The van der Waals surface area contributed by atoms with Crippen molar-refractivity contribution in [1.82, 2.24) is 24.4 Å². The van der Waals surface area contributed by atoms with Gasteiger partial charge in [-0.2, -0.15) is 4.72 Å². The van der Waals surface area contributed by atoms with Crippen molar-refractivity contribution in [2.75, 3.05) is 39.8 Å². The molecule has 1 saturated heterocycles. The number of benzene rings is 1. The third-order valence-electron chi connectivity index (χ3n) is 7.13. The molecule has 232 valence electrons. The molecule has 1 aliphatic rings. The second kappa shape index (κ2) is 13.8. The molecule has 2 N–H and O–H groups in total. The first kappa shape index (κ1) is 33.0. The molecular weight excluding hydrogens is 637 g/mol. The van der Waals surface area contributed by atoms with Gasteiger partial charge in [-0.25, -0.2) is 8.42 Å². The summed E-state index contributed by atoms with van der Waals surface area (Å²) >= 11 is 13.2. The van der Waals surface area contributed by atoms with E-state index in [1.807, 2.05) is 0 Å². The van der Waals surface area contributed by atoms with Gasteiger partial charge in [0.05, 0.1) is 26.9 Å². The zero-order valence-electron chi connectivity index (χ0n) is 24.1. The molecule has 0 bridgehead atoms. The van der Waals surface area contributed by atoms with E-state index in [0.29, 0.717) is 41.4 Å². The van der Waals surface area contributed by atoms with Gasteiger partial charge >= 0.3 is 0 Å². The molecule has 15 heteroatoms. The number of aromatic nitrogens is 1. The Kier molecular flexibility index (Phi) is 10.6. The van der Waals surface area contributed by atoms with Gasteiger partial charge in [0, 0.05) is 57.6 Å². The Morgan fingerprint density at radius 1 is 1.07 bits per heavy atom. The molecule has 0 saturated carbocycles. The Bertz CT molecular complexity index is 1670. The number of sulfonamides is 1. The van der Waals surface area contributed by atoms with E-state index in [0.717, 1.165) is 11.3 Å². The summed E-state index contributed by atoms with van der Waals surface area (Å²) in [6, 6.07) is 7.86. The molecule has 1 aliphatic heterocycles. The Labute approximate surface area is 264 Å². The first-order valence-corrected chi connectivity index (χ1v) is 16.5. The summed E-state index contributed by atoms with van der Waals surface area (Å²) in [5.41, 5.74) is -0.0550. The molecule has 3 aromatic rings. The summed E-state index contributed by atoms with van der Waals surface area (Å²) in [4.78, 5) is 43.2. The molecule has 3 heterocycles. The lowest BCUT2D eigenvalue weighted by Crippen LogP contribution is -2.58. The minimum atomic E-state index is -4.43. The monoisotopic (exact) mass is 669 g/mol. The number of nitrogens with zero attached hydrogens (tertiary/aromatic N) is 3. The molecule has 1 fully saturated rings. The first-order valence-electron chi connectivity index (χ1n) is 13.4. The van der Waals surface area contributed by atoms with Crippen molar-refractivity contribution in [1.29, 1.82) is 0 Å². The molecule has 1 aromatic carbocycles. The van der Waals surface area contributed by atoms with Crippen LogP contribution in [-0.2, 0) is 21.9 Å². The van der Waals surface area contributed by atoms with Gasteiger partial charge in [0.15, 0.2) is 0 Å². The minimum absolute atomic E-state index is 0.0941. The van der Waals surface area contributed by atoms with Gasteiger partial charge in [0.1, 0.15) is 16.7 Å². The fraction of sp³-hybridized carbons (Fsp3) is 0.393. The number of rotatable bonds is 10. The molecule has 2 amide bonds. The van der Waals surface area contributed by atoms with Crippen molar-refractivity contribution < 1.29 is 22.7 Å². The number of pyridine rings is 1. The van der Waals surface area contributed by atoms with Crippen LogP contribution in [0.1, 0.15) is 23.5 Å². The topological polar surface area (TPSA) is 130 Å². The molecule has 0 spiro atoms. The predicted octanol–water partition coefficient (Wildman–Crippen LogP) is 3.06. The molecule has 0 aliphatic carbocycles. The van der Waals surface area contributed by atoms with Crippen molar-refractivity contribution in [2.45, 2.75) is 30.8 Å². The van der Waals surface area contributed by atoms with E-state index >= 15 is 0 Å². The van der Waals surface area contributed by atoms with Crippen molar-refractivity contribution in [3.05, 3.63) is 67.2 Å². The van der Waals surface area contributed by atoms with E-state index in [1.165, 1.54) is 43.1 Å². The summed E-state index contributed by atoms with van der Waals surface area (Å²) < 4.78 is 37.4. The van der Waals surface area contributed by atoms with E-state index in [1.54, 1.807) is 23.1 Å². The summed E-state index contributed by atoms with van der Waals surface area (Å²) in [6.07, 6.45) is 1.44. The van der Waals surface area contributed by atoms with E-state index in [2.05, 4.69) is 28.8 Å². The SMILES string of the molecule is COc1c(-c2cc(Cl)cn(C)c2=O)cccc1S(=O)(=O)N[C@@H](CNC(=O)c1ccc(Cl)s1)C(=O)N1CCN(C(C)C)CC1. The Hall–Kier alpha value is -2.94. The number of carbonyl (C=O) groups is 2. The normalized spacial score (nSPS) is 15.0. The van der Waals surface area contributed by atoms with Crippen LogP contribution in [0.25, 0.3) is 11.1 Å². The van der Waals surface area contributed by atoms with Crippen LogP contribution in [0.5, 0.6) is 5.75 Å². The Balaban J connectivity index is 1.66. The van der Waals surface area contributed by atoms with Crippen LogP contribution in [0.4, 0.5) is 0 Å². The molecule has 0 unspecified atom stereocenters. The van der Waals surface area contributed by atoms with Crippen LogP contribution in [0.15, 0.2) is 52.3 Å². The van der Waals surface area contributed by atoms with Gasteiger partial charge in [-0.15, -0.1) is 11.3 Å². The number of ether oxygens (including phenoxy) is 1. The second-order valence-corrected chi connectivity index (χ2v) is 14.1. The highest BCUT2D eigenvalue weighted by Crippen LogP contribution is 2.35. The second-order valence-electron chi connectivity index (χ2n) is 10.3. The summed E-state index contributed by atoms with van der Waals surface area (Å²) in [5.74, 6) is -1.06. The molecule has 2 aromatic heterocycles. The average Bonchev–Trinajstić information content (AvgIpc) is 3.42. The van der Waals surface area contributed by atoms with Crippen LogP contribution in [-0.4, -0.2) is 86.5 Å². The zero-order valence-corrected chi connectivity index (χ0v) is 27.2. The molecular formula is C28H33Cl2N5O6S2. The van der Waals surface area contributed by atoms with Crippen LogP contribution < -0.4 is 20.3 Å². The number of carbonyl (C=O) groups excluding carboxylic acids is 2. The third-order valence-corrected chi connectivity index (χ3v) is 10.1. The van der Waals surface area contributed by atoms with Crippen LogP contribution in [0.2, 0.25) is 9.36 Å². The zero-order chi connectivity index (χ0) is 31.5. The third kappa shape index (κ3) is 7.59. The number of amides is 2. The average molecular weight is 671 g/mol. The number of piperazine rings is 1. The lowest BCUT2D eigenvalue weighted by molar-refractivity contribution is -0.134. The minimum Gasteiger partial charge on any atom is -0.495 e. The summed E-state index contributed by atoms with van der Waals surface area (Å²) in [6.45, 7) is 5.90. The van der Waals surface area contributed by atoms with Crippen molar-refractivity contribution in [2.24, 2.45) is 7.05 Å². The number of aryl methyl sites for hydroxylation is 1. The number of hydrogen-bond donors (Lipinski definition) is 2. The van der Waals surface area contributed by atoms with Gasteiger partial charge in [0.2, 0.25) is 15.9 Å². The smallest absolute Gasteiger partial charge is 0.261 e. The van der Waals surface area contributed by atoms with E-state index < -0.39 is 33.4 Å². The van der Waals surface area contributed by atoms with Gasteiger partial charge in [-0.05, 0) is 38.1 Å². The molecule has 0 radical (unpaired) electrons. The highest BCUT2D eigenvalue weighted by Gasteiger charge is 2.34. The molecule has 4 rings (SSSR count). The maximum Gasteiger partial charge on any atom is 0.261 e. The van der Waals surface area contributed by atoms with Crippen LogP contribution in [0.3, 0.4) is 0 Å². The maximum absolute atomic E-state index is 13.9. The summed E-state index contributed by atoms with van der Waals surface area (Å²) in [5, 5.41) is 2.93. The van der Waals surface area contributed by atoms with Gasteiger partial charge in [0.25, 0.3) is 11.5 Å². The molecule has 43 heavy (non-hydrogen) atoms. The quantitative estimate of drug-likeness (QED) is 0.339. The highest BCUT2D eigenvalue weighted by atomic mass is 35.5. The highest BCUT2D eigenvalue weighted by molar-refractivity contribution is 7.89. The molecule has 11 nitrogen and oxygen atoms in total. The number of hydrogen-bond acceptors (Lipinski definition) is 8. The van der Waals surface area contributed by atoms with E-state index in [9.17, 15) is 22.8 Å². The largest absolute Gasteiger partial charge is 0.495 e. The van der Waals surface area contributed by atoms with Crippen LogP contribution in [0, 0.1) is 0 Å². The van der Waals surface area contributed by atoms with Crippen molar-refractivity contribution in [3.63, 3.8) is 0 Å². The lowest BCUT2D eigenvalue weighted by atomic mass is 10.1. The molecule has 1 atom stereocenters. The fourth-order valence-electron chi connectivity index (χ4n) is 4.84. The van der Waals surface area contributed by atoms with Gasteiger partial charge in [-0.3, -0.25) is 19.3 Å². The maximum atomic E-state index is 13.9. The first-order chi connectivity index (χ1) is 20.3. The van der Waals surface area contributed by atoms with Gasteiger partial charge < -0.3 is 19.5 Å². The van der Waals surface area contributed by atoms with Gasteiger partial charge in [-0.1, -0.05) is 35.3 Å². The predicted molar refractivity (Wildman–Crippen MR) is 168 cm³/mol. The number of para-hydroxylation sites is 1. The number of nitrogens with one attached hydrogen (secondary N) is 2. The summed E-state index contributed by atoms with van der Waals surface area (Å²) in [7, 11) is -1.61. The van der Waals surface area contributed by atoms with Crippen molar-refractivity contribution >= 4 is 56.4 Å². The fourth-order valence-corrected chi connectivity index (χ4v) is 7.44. The standard InChI is InChI=1S/C28H33Cl2N5O6S2/c1-17(2)34-10-12-35(13-11-34)28(38)21(15-31-26(36)22-8-9-24(30)42-22)32-43(39,40)23-7-5-6-19(25(23)41-4)20-14-18(29)16-33(3)27(20)37/h5-9,14,16-17,21,32H,10-13,15H2,1-4H3,(H,31,36)/t21-/m0/s1. The Morgan fingerprint density at radius 2 is 1.77 bits per heavy atom. The lowest BCUT2D eigenvalue weighted by Gasteiger charge is -2.38. The Morgan fingerprint density at radius 3 is 2.37 bits per heavy atom. The number of halogens is 2. The van der Waals surface area contributed by atoms with Crippen molar-refractivity contribution in [3.8, 4) is 16.9 Å². The van der Waals surface area contributed by atoms with E-state index in [4.69, 9.17) is 27.9 Å². The number of methoxy groups -OCH3 is 1.